The zero-order chi connectivity index (χ0) is 25.0. The first-order valence-electron chi connectivity index (χ1n) is 10.3. The van der Waals surface area contributed by atoms with Crippen molar-refractivity contribution in [1.29, 1.82) is 0 Å². The van der Waals surface area contributed by atoms with E-state index in [0.29, 0.717) is 10.0 Å². The maximum atomic E-state index is 13.4. The second-order valence-electron chi connectivity index (χ2n) is 8.81. The van der Waals surface area contributed by atoms with Crippen LogP contribution in [0.3, 0.4) is 0 Å². The normalized spacial score (nSPS) is 12.7. The largest absolute Gasteiger partial charge is 0.350 e. The van der Waals surface area contributed by atoms with Crippen molar-refractivity contribution in [2.45, 2.75) is 45.8 Å². The third-order valence-electron chi connectivity index (χ3n) is 4.71. The Bertz CT molecular complexity index is 1100. The molecule has 2 amide bonds. The molecule has 0 spiro atoms. The Hall–Kier alpha value is -2.29. The van der Waals surface area contributed by atoms with Crippen molar-refractivity contribution in [3.8, 4) is 0 Å². The summed E-state index contributed by atoms with van der Waals surface area (Å²) in [4.78, 5) is 27.6. The molecule has 0 fully saturated rings. The van der Waals surface area contributed by atoms with E-state index >= 15 is 0 Å². The summed E-state index contributed by atoms with van der Waals surface area (Å²) in [7, 11) is -3.81. The molecule has 0 radical (unpaired) electrons. The molecular formula is C23H29Cl2N3O4S. The number of sulfonamides is 1. The summed E-state index contributed by atoms with van der Waals surface area (Å²) in [6.07, 6.45) is 1.01. The smallest absolute Gasteiger partial charge is 0.244 e. The highest BCUT2D eigenvalue weighted by Crippen LogP contribution is 2.23. The van der Waals surface area contributed by atoms with Crippen LogP contribution < -0.4 is 9.62 Å². The van der Waals surface area contributed by atoms with Crippen LogP contribution in [0.15, 0.2) is 48.5 Å². The third-order valence-corrected chi connectivity index (χ3v) is 6.33. The molecule has 180 valence electrons. The summed E-state index contributed by atoms with van der Waals surface area (Å²) in [6.45, 7) is 6.75. The van der Waals surface area contributed by atoms with Gasteiger partial charge in [0.1, 0.15) is 12.6 Å². The van der Waals surface area contributed by atoms with Gasteiger partial charge in [-0.3, -0.25) is 13.9 Å². The number of anilines is 1. The minimum atomic E-state index is -3.81. The van der Waals surface area contributed by atoms with Gasteiger partial charge in [-0.25, -0.2) is 8.42 Å². The van der Waals surface area contributed by atoms with Gasteiger partial charge in [-0.1, -0.05) is 41.4 Å². The van der Waals surface area contributed by atoms with E-state index in [4.69, 9.17) is 23.2 Å². The average Bonchev–Trinajstić information content (AvgIpc) is 2.68. The number of amides is 2. The Balaban J connectivity index is 2.39. The molecule has 0 aromatic heterocycles. The molecule has 0 heterocycles. The monoisotopic (exact) mass is 513 g/mol. The Kier molecular flexibility index (Phi) is 8.79. The van der Waals surface area contributed by atoms with Crippen LogP contribution in [0.5, 0.6) is 0 Å². The van der Waals surface area contributed by atoms with Crippen LogP contribution in [0.4, 0.5) is 5.69 Å². The first kappa shape index (κ1) is 27.0. The molecule has 0 aliphatic heterocycles. The third kappa shape index (κ3) is 8.21. The maximum absolute atomic E-state index is 13.4. The van der Waals surface area contributed by atoms with E-state index in [1.807, 2.05) is 20.8 Å². The number of nitrogens with one attached hydrogen (secondary N) is 1. The Morgan fingerprint density at radius 2 is 1.64 bits per heavy atom. The van der Waals surface area contributed by atoms with E-state index in [-0.39, 0.29) is 18.1 Å². The van der Waals surface area contributed by atoms with Crippen molar-refractivity contribution in [3.63, 3.8) is 0 Å². The van der Waals surface area contributed by atoms with Gasteiger partial charge in [-0.15, -0.1) is 0 Å². The van der Waals surface area contributed by atoms with Crippen LogP contribution >= 0.6 is 23.2 Å². The van der Waals surface area contributed by atoms with E-state index in [0.717, 1.165) is 16.1 Å². The van der Waals surface area contributed by atoms with Crippen molar-refractivity contribution in [3.05, 3.63) is 64.1 Å². The Labute approximate surface area is 205 Å². The van der Waals surface area contributed by atoms with Crippen molar-refractivity contribution in [2.24, 2.45) is 0 Å². The van der Waals surface area contributed by atoms with Gasteiger partial charge in [0.15, 0.2) is 0 Å². The van der Waals surface area contributed by atoms with Gasteiger partial charge >= 0.3 is 0 Å². The minimum Gasteiger partial charge on any atom is -0.350 e. The first-order valence-corrected chi connectivity index (χ1v) is 12.9. The molecule has 0 aliphatic rings. The summed E-state index contributed by atoms with van der Waals surface area (Å²) in [5, 5.41) is 3.75. The average molecular weight is 514 g/mol. The highest BCUT2D eigenvalue weighted by Gasteiger charge is 2.31. The van der Waals surface area contributed by atoms with Gasteiger partial charge in [0, 0.05) is 22.1 Å². The number of benzene rings is 2. The summed E-state index contributed by atoms with van der Waals surface area (Å²) in [5.41, 5.74) is 0.508. The first-order chi connectivity index (χ1) is 15.2. The molecule has 0 saturated carbocycles. The molecule has 0 saturated heterocycles. The molecule has 2 aromatic carbocycles. The quantitative estimate of drug-likeness (QED) is 0.575. The maximum Gasteiger partial charge on any atom is 0.244 e. The number of carbonyl (C=O) groups is 2. The Morgan fingerprint density at radius 3 is 2.15 bits per heavy atom. The van der Waals surface area contributed by atoms with E-state index in [9.17, 15) is 18.0 Å². The van der Waals surface area contributed by atoms with Gasteiger partial charge in [0.25, 0.3) is 0 Å². The number of halogens is 2. The van der Waals surface area contributed by atoms with Crippen molar-refractivity contribution in [2.75, 3.05) is 17.1 Å². The SMILES string of the molecule is C[C@H](C(=O)NC(C)(C)C)N(Cc1ccc(Cl)cc1)C(=O)CN(c1cccc(Cl)c1)S(C)(=O)=O. The number of hydrogen-bond acceptors (Lipinski definition) is 4. The van der Waals surface area contributed by atoms with Gasteiger partial charge < -0.3 is 10.2 Å². The second-order valence-corrected chi connectivity index (χ2v) is 11.6. The molecule has 7 nitrogen and oxygen atoms in total. The molecule has 0 aliphatic carbocycles. The van der Waals surface area contributed by atoms with Gasteiger partial charge in [0.05, 0.1) is 11.9 Å². The van der Waals surface area contributed by atoms with Crippen LogP contribution in [0.1, 0.15) is 33.3 Å². The summed E-state index contributed by atoms with van der Waals surface area (Å²) in [6, 6.07) is 12.3. The predicted octanol–water partition coefficient (Wildman–Crippen LogP) is 4.09. The number of rotatable bonds is 8. The fraction of sp³-hybridized carbons (Fsp3) is 0.391. The Morgan fingerprint density at radius 1 is 1.03 bits per heavy atom. The van der Waals surface area contributed by atoms with E-state index < -0.39 is 34.1 Å². The molecule has 2 aromatic rings. The molecule has 2 rings (SSSR count). The molecule has 33 heavy (non-hydrogen) atoms. The highest BCUT2D eigenvalue weighted by atomic mass is 35.5. The van der Waals surface area contributed by atoms with Gasteiger partial charge in [-0.05, 0) is 63.6 Å². The number of hydrogen-bond donors (Lipinski definition) is 1. The van der Waals surface area contributed by atoms with E-state index in [2.05, 4.69) is 5.32 Å². The molecule has 0 bridgehead atoms. The van der Waals surface area contributed by atoms with Crippen molar-refractivity contribution >= 4 is 50.7 Å². The van der Waals surface area contributed by atoms with E-state index in [1.54, 1.807) is 49.4 Å². The highest BCUT2D eigenvalue weighted by molar-refractivity contribution is 7.92. The zero-order valence-corrected chi connectivity index (χ0v) is 21.6. The van der Waals surface area contributed by atoms with Crippen LogP contribution in [-0.4, -0.2) is 49.5 Å². The minimum absolute atomic E-state index is 0.0991. The fourth-order valence-corrected chi connectivity index (χ4v) is 4.24. The van der Waals surface area contributed by atoms with Gasteiger partial charge in [-0.2, -0.15) is 0 Å². The van der Waals surface area contributed by atoms with Gasteiger partial charge in [0.2, 0.25) is 21.8 Å². The second kappa shape index (κ2) is 10.8. The standard InChI is InChI=1S/C23H29Cl2N3O4S/c1-16(22(30)26-23(2,3)4)27(14-17-9-11-18(24)12-10-17)21(29)15-28(33(5,31)32)20-8-6-7-19(25)13-20/h6-13,16H,14-15H2,1-5H3,(H,26,30)/t16-/m1/s1. The van der Waals surface area contributed by atoms with Crippen LogP contribution in [0, 0.1) is 0 Å². The molecular weight excluding hydrogens is 485 g/mol. The topological polar surface area (TPSA) is 86.8 Å². The molecule has 1 atom stereocenters. The summed E-state index contributed by atoms with van der Waals surface area (Å²) >= 11 is 12.0. The summed E-state index contributed by atoms with van der Waals surface area (Å²) < 4.78 is 26.0. The molecule has 1 N–H and O–H groups in total. The lowest BCUT2D eigenvalue weighted by molar-refractivity contribution is -0.140. The fourth-order valence-electron chi connectivity index (χ4n) is 3.09. The van der Waals surface area contributed by atoms with Crippen molar-refractivity contribution in [1.82, 2.24) is 10.2 Å². The predicted molar refractivity (Wildman–Crippen MR) is 133 cm³/mol. The molecule has 10 heteroatoms. The number of carbonyl (C=O) groups excluding carboxylic acids is 2. The molecule has 0 unspecified atom stereocenters. The lowest BCUT2D eigenvalue weighted by Gasteiger charge is -2.33. The van der Waals surface area contributed by atoms with E-state index in [1.165, 1.54) is 11.0 Å². The number of nitrogens with zero attached hydrogens (tertiary/aromatic N) is 2. The van der Waals surface area contributed by atoms with Crippen LogP contribution in [-0.2, 0) is 26.2 Å². The lowest BCUT2D eigenvalue weighted by Crippen LogP contribution is -2.54. The van der Waals surface area contributed by atoms with Crippen LogP contribution in [0.2, 0.25) is 10.0 Å². The van der Waals surface area contributed by atoms with Crippen LogP contribution in [0.25, 0.3) is 0 Å². The summed E-state index contributed by atoms with van der Waals surface area (Å²) in [5.74, 6) is -0.884. The zero-order valence-electron chi connectivity index (χ0n) is 19.3. The lowest BCUT2D eigenvalue weighted by atomic mass is 10.1. The van der Waals surface area contributed by atoms with Crippen molar-refractivity contribution < 1.29 is 18.0 Å².